The Morgan fingerprint density at radius 2 is 1.73 bits per heavy atom. The molecule has 0 aliphatic heterocycles. The van der Waals surface area contributed by atoms with Gasteiger partial charge in [0.15, 0.2) is 0 Å². The van der Waals surface area contributed by atoms with Crippen LogP contribution in [0, 0.1) is 0 Å². The summed E-state index contributed by atoms with van der Waals surface area (Å²) in [6, 6.07) is 21.4. The third-order valence-corrected chi connectivity index (χ3v) is 5.89. The van der Waals surface area contributed by atoms with Crippen LogP contribution in [0.25, 0.3) is 27.5 Å². The number of carbonyl (C=O) groups is 1. The van der Waals surface area contributed by atoms with Crippen LogP contribution in [-0.2, 0) is 0 Å². The molecule has 1 amide bonds. The van der Waals surface area contributed by atoms with Crippen molar-refractivity contribution < 1.29 is 4.79 Å². The molecule has 1 N–H and O–H groups in total. The van der Waals surface area contributed by atoms with Gasteiger partial charge in [-0.3, -0.25) is 24.1 Å². The maximum atomic E-state index is 13.6. The normalized spacial score (nSPS) is 12.1. The molecule has 0 unspecified atom stereocenters. The highest BCUT2D eigenvalue weighted by Gasteiger charge is 2.20. The van der Waals surface area contributed by atoms with E-state index in [1.165, 1.54) is 0 Å². The smallest absolute Gasteiger partial charge is 0.264 e. The predicted molar refractivity (Wildman–Crippen MR) is 130 cm³/mol. The summed E-state index contributed by atoms with van der Waals surface area (Å²) in [6.45, 7) is 1.85. The Kier molecular flexibility index (Phi) is 5.36. The number of benzene rings is 3. The molecule has 5 aromatic rings. The molecule has 2 heterocycles. The van der Waals surface area contributed by atoms with Gasteiger partial charge in [-0.1, -0.05) is 48.0 Å². The van der Waals surface area contributed by atoms with Crippen LogP contribution in [-0.4, -0.2) is 20.4 Å². The number of nitrogens with one attached hydrogen (secondary N) is 1. The largest absolute Gasteiger partial charge is 0.344 e. The van der Waals surface area contributed by atoms with Gasteiger partial charge >= 0.3 is 0 Å². The number of rotatable bonds is 4. The number of halogens is 1. The van der Waals surface area contributed by atoms with Crippen molar-refractivity contribution in [1.82, 2.24) is 19.9 Å². The Labute approximate surface area is 194 Å². The van der Waals surface area contributed by atoms with Gasteiger partial charge in [-0.2, -0.15) is 0 Å². The number of fused-ring (bicyclic) bond motifs is 2. The lowest BCUT2D eigenvalue weighted by Crippen LogP contribution is -2.32. The fourth-order valence-electron chi connectivity index (χ4n) is 4.03. The Hall–Kier alpha value is -4.03. The third kappa shape index (κ3) is 3.75. The van der Waals surface area contributed by atoms with Gasteiger partial charge in [-0.05, 0) is 48.7 Å². The van der Waals surface area contributed by atoms with E-state index >= 15 is 0 Å². The van der Waals surface area contributed by atoms with Crippen molar-refractivity contribution in [2.45, 2.75) is 13.0 Å². The Morgan fingerprint density at radius 3 is 2.55 bits per heavy atom. The topological polar surface area (TPSA) is 76.9 Å². The quantitative estimate of drug-likeness (QED) is 0.411. The molecule has 7 heteroatoms. The van der Waals surface area contributed by atoms with Gasteiger partial charge in [0.1, 0.15) is 5.52 Å². The molecule has 0 aliphatic carbocycles. The molecular formula is C26H19ClN4O2. The Balaban J connectivity index is 1.63. The van der Waals surface area contributed by atoms with Crippen molar-refractivity contribution in [2.75, 3.05) is 0 Å². The number of hydrogen-bond donors (Lipinski definition) is 1. The van der Waals surface area contributed by atoms with Crippen molar-refractivity contribution in [3.8, 4) is 5.69 Å². The molecular weight excluding hydrogens is 436 g/mol. The molecule has 3 aromatic carbocycles. The minimum absolute atomic E-state index is 0.239. The van der Waals surface area contributed by atoms with Crippen LogP contribution in [0.3, 0.4) is 0 Å². The van der Waals surface area contributed by atoms with E-state index in [-0.39, 0.29) is 11.5 Å². The Morgan fingerprint density at radius 1 is 0.970 bits per heavy atom. The van der Waals surface area contributed by atoms with E-state index in [2.05, 4.69) is 15.3 Å². The molecule has 0 bridgehead atoms. The van der Waals surface area contributed by atoms with Crippen molar-refractivity contribution in [1.29, 1.82) is 0 Å². The molecule has 0 saturated carbocycles. The second-order valence-corrected chi connectivity index (χ2v) is 8.08. The zero-order chi connectivity index (χ0) is 22.9. The lowest BCUT2D eigenvalue weighted by atomic mass is 10.1. The lowest BCUT2D eigenvalue weighted by Gasteiger charge is -2.21. The monoisotopic (exact) mass is 454 g/mol. The zero-order valence-electron chi connectivity index (χ0n) is 17.7. The van der Waals surface area contributed by atoms with Gasteiger partial charge in [0, 0.05) is 23.8 Å². The summed E-state index contributed by atoms with van der Waals surface area (Å²) in [5, 5.41) is 4.56. The maximum absolute atomic E-state index is 13.6. The maximum Gasteiger partial charge on any atom is 0.264 e. The van der Waals surface area contributed by atoms with Crippen LogP contribution in [0.5, 0.6) is 0 Å². The van der Waals surface area contributed by atoms with Crippen LogP contribution in [0.1, 0.15) is 29.0 Å². The van der Waals surface area contributed by atoms with E-state index in [0.717, 1.165) is 0 Å². The number of nitrogens with zero attached hydrogens (tertiary/aromatic N) is 3. The molecule has 33 heavy (non-hydrogen) atoms. The molecule has 0 saturated heterocycles. The molecule has 0 aliphatic rings. The average Bonchev–Trinajstić information content (AvgIpc) is 2.84. The first-order chi connectivity index (χ1) is 16.0. The highest BCUT2D eigenvalue weighted by molar-refractivity contribution is 6.35. The fourth-order valence-corrected chi connectivity index (χ4v) is 4.29. The minimum atomic E-state index is -0.485. The van der Waals surface area contributed by atoms with Crippen molar-refractivity contribution in [2.24, 2.45) is 0 Å². The van der Waals surface area contributed by atoms with Crippen molar-refractivity contribution in [3.05, 3.63) is 112 Å². The highest BCUT2D eigenvalue weighted by Crippen LogP contribution is 2.26. The van der Waals surface area contributed by atoms with Gasteiger partial charge in [0.2, 0.25) is 0 Å². The molecule has 0 spiro atoms. The summed E-state index contributed by atoms with van der Waals surface area (Å²) in [6.07, 6.45) is 3.15. The average molecular weight is 455 g/mol. The van der Waals surface area contributed by atoms with E-state index in [4.69, 9.17) is 11.6 Å². The number of carbonyl (C=O) groups excluding carboxylic acids is 1. The van der Waals surface area contributed by atoms with Crippen LogP contribution in [0.15, 0.2) is 90.0 Å². The van der Waals surface area contributed by atoms with Gasteiger partial charge in [-0.15, -0.1) is 0 Å². The van der Waals surface area contributed by atoms with Crippen LogP contribution >= 0.6 is 11.6 Å². The molecule has 162 valence electrons. The summed E-state index contributed by atoms with van der Waals surface area (Å²) in [7, 11) is 0. The first-order valence-electron chi connectivity index (χ1n) is 10.4. The summed E-state index contributed by atoms with van der Waals surface area (Å²) in [4.78, 5) is 35.3. The number of hydrogen-bond acceptors (Lipinski definition) is 4. The van der Waals surface area contributed by atoms with Crippen molar-refractivity contribution >= 4 is 39.3 Å². The summed E-state index contributed by atoms with van der Waals surface area (Å²) in [5.41, 5.74) is 2.67. The van der Waals surface area contributed by atoms with E-state index in [1.54, 1.807) is 41.2 Å². The van der Waals surface area contributed by atoms with Crippen LogP contribution < -0.4 is 10.9 Å². The zero-order valence-corrected chi connectivity index (χ0v) is 18.5. The number of aromatic nitrogens is 3. The van der Waals surface area contributed by atoms with Gasteiger partial charge in [0.25, 0.3) is 11.5 Å². The summed E-state index contributed by atoms with van der Waals surface area (Å²) < 4.78 is 1.60. The molecule has 0 fully saturated rings. The SMILES string of the molecule is C[C@H](NC(=O)c1cccc2nccnc12)c1cc2cccc(Cl)c2c(=O)n1-c1ccccc1. The number of amides is 1. The predicted octanol–water partition coefficient (Wildman–Crippen LogP) is 5.08. The van der Waals surface area contributed by atoms with E-state index in [1.807, 2.05) is 55.5 Å². The molecule has 1 atom stereocenters. The van der Waals surface area contributed by atoms with Gasteiger partial charge < -0.3 is 5.32 Å². The molecule has 2 aromatic heterocycles. The standard InChI is InChI=1S/C26H19ClN4O2/c1-16(30-25(32)19-10-6-12-21-24(19)29-14-13-28-21)22-15-17-7-5-11-20(27)23(17)26(33)31(22)18-8-3-2-4-9-18/h2-16H,1H3,(H,30,32)/t16-/m0/s1. The van der Waals surface area contributed by atoms with E-state index in [0.29, 0.717) is 43.8 Å². The minimum Gasteiger partial charge on any atom is -0.344 e. The second kappa shape index (κ2) is 8.48. The highest BCUT2D eigenvalue weighted by atomic mass is 35.5. The molecule has 0 radical (unpaired) electrons. The van der Waals surface area contributed by atoms with E-state index in [9.17, 15) is 9.59 Å². The third-order valence-electron chi connectivity index (χ3n) is 5.57. The first kappa shape index (κ1) is 20.8. The fraction of sp³-hybridized carbons (Fsp3) is 0.0769. The number of para-hydroxylation sites is 2. The summed E-state index contributed by atoms with van der Waals surface area (Å²) >= 11 is 6.38. The number of pyridine rings is 1. The van der Waals surface area contributed by atoms with Crippen molar-refractivity contribution in [3.63, 3.8) is 0 Å². The van der Waals surface area contributed by atoms with Gasteiger partial charge in [0.05, 0.1) is 27.5 Å². The second-order valence-electron chi connectivity index (χ2n) is 7.67. The van der Waals surface area contributed by atoms with Gasteiger partial charge in [-0.25, -0.2) is 0 Å². The summed E-state index contributed by atoms with van der Waals surface area (Å²) in [5.74, 6) is -0.299. The van der Waals surface area contributed by atoms with Crippen LogP contribution in [0.4, 0.5) is 0 Å². The van der Waals surface area contributed by atoms with Crippen LogP contribution in [0.2, 0.25) is 5.02 Å². The molecule has 5 rings (SSSR count). The van der Waals surface area contributed by atoms with E-state index < -0.39 is 6.04 Å². The lowest BCUT2D eigenvalue weighted by molar-refractivity contribution is 0.0940. The Bertz CT molecular complexity index is 1560. The molecule has 6 nitrogen and oxygen atoms in total. The first-order valence-corrected chi connectivity index (χ1v) is 10.8.